The molecule has 3 heteroatoms. The molecule has 1 aliphatic heterocycles. The van der Waals surface area contributed by atoms with Gasteiger partial charge in [-0.15, -0.1) is 0 Å². The van der Waals surface area contributed by atoms with Crippen LogP contribution in [-0.2, 0) is 0 Å². The number of aromatic hydroxyl groups is 1. The minimum absolute atomic E-state index is 0. The van der Waals surface area contributed by atoms with Gasteiger partial charge in [-0.3, -0.25) is 0 Å². The molecule has 0 bridgehead atoms. The fourth-order valence-corrected chi connectivity index (χ4v) is 1.92. The zero-order chi connectivity index (χ0) is 9.10. The number of hydrogen-bond acceptors (Lipinski definition) is 2. The van der Waals surface area contributed by atoms with Crippen molar-refractivity contribution in [1.29, 1.82) is 0 Å². The molecule has 1 saturated heterocycles. The molecular weight excluding hydrogens is 173 g/mol. The van der Waals surface area contributed by atoms with Crippen LogP contribution < -0.4 is 5.32 Å². The molecule has 1 unspecified atom stereocenters. The highest BCUT2D eigenvalue weighted by Gasteiger charge is 2.14. The monoisotopic (exact) mass is 189 g/mol. The molecule has 1 fully saturated rings. The lowest BCUT2D eigenvalue weighted by molar-refractivity contribution is 0.452. The van der Waals surface area contributed by atoms with E-state index in [1.165, 1.54) is 18.4 Å². The van der Waals surface area contributed by atoms with Crippen LogP contribution in [-0.4, -0.2) is 26.6 Å². The summed E-state index contributed by atoms with van der Waals surface area (Å²) in [6, 6.07) is 7.61. The Balaban J connectivity index is 0.000000980. The Hall–Kier alpha value is -0.955. The van der Waals surface area contributed by atoms with E-state index in [1.807, 2.05) is 12.1 Å². The van der Waals surface area contributed by atoms with E-state index in [-0.39, 0.29) is 8.41 Å². The summed E-state index contributed by atoms with van der Waals surface area (Å²) in [6.07, 6.45) is 2.47. The number of piperidine rings is 1. The average molecular weight is 189 g/mol. The van der Waals surface area contributed by atoms with Gasteiger partial charge < -0.3 is 10.4 Å². The Morgan fingerprint density at radius 2 is 2.21 bits per heavy atom. The second kappa shape index (κ2) is 5.06. The van der Waals surface area contributed by atoms with Crippen LogP contribution in [0.25, 0.3) is 0 Å². The molecule has 2 radical (unpaired) electrons. The van der Waals surface area contributed by atoms with E-state index >= 15 is 0 Å². The van der Waals surface area contributed by atoms with Gasteiger partial charge in [-0.05, 0) is 43.0 Å². The van der Waals surface area contributed by atoms with Gasteiger partial charge in [0.05, 0.1) is 0 Å². The Morgan fingerprint density at radius 1 is 1.36 bits per heavy atom. The molecule has 2 nitrogen and oxygen atoms in total. The predicted molar refractivity (Wildman–Crippen MR) is 60.1 cm³/mol. The van der Waals surface area contributed by atoms with Crippen LogP contribution in [0.2, 0.25) is 0 Å². The van der Waals surface area contributed by atoms with Gasteiger partial charge in [0, 0.05) is 15.0 Å². The van der Waals surface area contributed by atoms with Crippen LogP contribution in [0.1, 0.15) is 24.3 Å². The minimum atomic E-state index is 0. The van der Waals surface area contributed by atoms with Gasteiger partial charge in [-0.2, -0.15) is 0 Å². The summed E-state index contributed by atoms with van der Waals surface area (Å²) in [5, 5.41) is 12.7. The molecule has 1 aromatic rings. The molecule has 74 valence electrons. The third kappa shape index (κ3) is 2.52. The Kier molecular flexibility index (Phi) is 4.02. The van der Waals surface area contributed by atoms with Crippen molar-refractivity contribution in [2.45, 2.75) is 18.8 Å². The number of phenols is 1. The second-order valence-corrected chi connectivity index (χ2v) is 3.64. The van der Waals surface area contributed by atoms with Crippen LogP contribution in [0.5, 0.6) is 5.75 Å². The first-order valence-electron chi connectivity index (χ1n) is 4.86. The Morgan fingerprint density at radius 3 is 2.86 bits per heavy atom. The van der Waals surface area contributed by atoms with Crippen LogP contribution >= 0.6 is 0 Å². The lowest BCUT2D eigenvalue weighted by Crippen LogP contribution is -2.28. The number of hydrogen-bond donors (Lipinski definition) is 2. The maximum atomic E-state index is 9.32. The van der Waals surface area contributed by atoms with Gasteiger partial charge in [-0.1, -0.05) is 12.1 Å². The van der Waals surface area contributed by atoms with E-state index in [1.54, 1.807) is 6.07 Å². The highest BCUT2D eigenvalue weighted by atomic mass is 16.3. The molecule has 2 N–H and O–H groups in total. The van der Waals surface area contributed by atoms with Gasteiger partial charge in [0.2, 0.25) is 0 Å². The quantitative estimate of drug-likeness (QED) is 0.651. The van der Waals surface area contributed by atoms with Gasteiger partial charge >= 0.3 is 0 Å². The molecule has 0 amide bonds. The van der Waals surface area contributed by atoms with Gasteiger partial charge in [0.1, 0.15) is 5.75 Å². The van der Waals surface area contributed by atoms with Crippen molar-refractivity contribution in [1.82, 2.24) is 5.32 Å². The van der Waals surface area contributed by atoms with Crippen molar-refractivity contribution < 1.29 is 5.11 Å². The standard InChI is InChI=1S/C11H15NO.BH/c13-11-5-1-3-9(7-11)10-4-2-6-12-8-10;/h1,3,5,7,10,12-13H,2,4,6,8H2;1H. The molecule has 0 saturated carbocycles. The molecule has 0 aliphatic carbocycles. The normalized spacial score (nSPS) is 21.3. The van der Waals surface area contributed by atoms with E-state index in [4.69, 9.17) is 0 Å². The fraction of sp³-hybridized carbons (Fsp3) is 0.455. The summed E-state index contributed by atoms with van der Waals surface area (Å²) in [5.74, 6) is 0.962. The first-order chi connectivity index (χ1) is 6.36. The van der Waals surface area contributed by atoms with Crippen molar-refractivity contribution in [2.24, 2.45) is 0 Å². The number of nitrogens with one attached hydrogen (secondary N) is 1. The van der Waals surface area contributed by atoms with Crippen LogP contribution in [0, 0.1) is 0 Å². The summed E-state index contributed by atoms with van der Waals surface area (Å²) in [7, 11) is 0. The highest BCUT2D eigenvalue weighted by molar-refractivity contribution is 5.75. The zero-order valence-electron chi connectivity index (χ0n) is 8.37. The molecule has 1 aliphatic rings. The lowest BCUT2D eigenvalue weighted by Gasteiger charge is -2.23. The van der Waals surface area contributed by atoms with Crippen LogP contribution in [0.4, 0.5) is 0 Å². The SMILES string of the molecule is Oc1cccc(C2CCCNC2)c1.[BH]. The maximum Gasteiger partial charge on any atom is 0.115 e. The predicted octanol–water partition coefficient (Wildman–Crippen LogP) is 1.21. The van der Waals surface area contributed by atoms with Crippen LogP contribution in [0.15, 0.2) is 24.3 Å². The molecule has 14 heavy (non-hydrogen) atoms. The Labute approximate surface area is 86.9 Å². The topological polar surface area (TPSA) is 32.3 Å². The second-order valence-electron chi connectivity index (χ2n) is 3.64. The number of benzene rings is 1. The van der Waals surface area contributed by atoms with Crippen molar-refractivity contribution >= 4 is 8.41 Å². The van der Waals surface area contributed by atoms with E-state index < -0.39 is 0 Å². The molecule has 2 rings (SSSR count). The van der Waals surface area contributed by atoms with Gasteiger partial charge in [-0.25, -0.2) is 0 Å². The summed E-state index contributed by atoms with van der Waals surface area (Å²) in [6.45, 7) is 2.18. The lowest BCUT2D eigenvalue weighted by atomic mass is 9.92. The largest absolute Gasteiger partial charge is 0.508 e. The van der Waals surface area contributed by atoms with Gasteiger partial charge in [0.25, 0.3) is 0 Å². The van der Waals surface area contributed by atoms with E-state index in [9.17, 15) is 5.11 Å². The summed E-state index contributed by atoms with van der Waals surface area (Å²) in [5.41, 5.74) is 1.26. The van der Waals surface area contributed by atoms with E-state index in [0.717, 1.165) is 13.1 Å². The third-order valence-electron chi connectivity index (χ3n) is 2.64. The first-order valence-corrected chi connectivity index (χ1v) is 4.86. The van der Waals surface area contributed by atoms with Crippen molar-refractivity contribution in [3.05, 3.63) is 29.8 Å². The van der Waals surface area contributed by atoms with E-state index in [2.05, 4.69) is 11.4 Å². The summed E-state index contributed by atoms with van der Waals surface area (Å²) >= 11 is 0. The minimum Gasteiger partial charge on any atom is -0.508 e. The molecule has 0 spiro atoms. The highest BCUT2D eigenvalue weighted by Crippen LogP contribution is 2.25. The molecule has 0 aromatic heterocycles. The number of rotatable bonds is 1. The van der Waals surface area contributed by atoms with E-state index in [0.29, 0.717) is 11.7 Å². The van der Waals surface area contributed by atoms with Crippen molar-refractivity contribution in [3.8, 4) is 5.75 Å². The first kappa shape index (κ1) is 11.1. The molecule has 1 heterocycles. The summed E-state index contributed by atoms with van der Waals surface area (Å²) in [4.78, 5) is 0. The van der Waals surface area contributed by atoms with Crippen LogP contribution in [0.3, 0.4) is 0 Å². The Bertz CT molecular complexity index is 284. The molecular formula is C11H16BNO. The zero-order valence-corrected chi connectivity index (χ0v) is 8.37. The molecule has 1 aromatic carbocycles. The van der Waals surface area contributed by atoms with Crippen molar-refractivity contribution in [3.63, 3.8) is 0 Å². The fourth-order valence-electron chi connectivity index (χ4n) is 1.92. The maximum absolute atomic E-state index is 9.32. The average Bonchev–Trinajstić information content (AvgIpc) is 2.19. The molecule has 1 atom stereocenters. The van der Waals surface area contributed by atoms with Crippen molar-refractivity contribution in [2.75, 3.05) is 13.1 Å². The number of phenolic OH excluding ortho intramolecular Hbond substituents is 1. The summed E-state index contributed by atoms with van der Waals surface area (Å²) < 4.78 is 0. The smallest absolute Gasteiger partial charge is 0.115 e. The third-order valence-corrected chi connectivity index (χ3v) is 2.64. The van der Waals surface area contributed by atoms with Gasteiger partial charge in [0.15, 0.2) is 0 Å².